The monoisotopic (exact) mass is 374 g/mol. The molecule has 0 spiro atoms. The molecule has 0 bridgehead atoms. The molecule has 6 nitrogen and oxygen atoms in total. The van der Waals surface area contributed by atoms with E-state index in [-0.39, 0.29) is 11.8 Å². The van der Waals surface area contributed by atoms with Crippen LogP contribution >= 0.6 is 11.3 Å². The van der Waals surface area contributed by atoms with Gasteiger partial charge in [-0.3, -0.25) is 4.79 Å². The summed E-state index contributed by atoms with van der Waals surface area (Å²) in [5.74, 6) is -0.000864. The number of aryl methyl sites for hydroxylation is 1. The van der Waals surface area contributed by atoms with Crippen LogP contribution < -0.4 is 16.0 Å². The molecule has 1 heterocycles. The fourth-order valence-corrected chi connectivity index (χ4v) is 3.14. The van der Waals surface area contributed by atoms with Crippen LogP contribution in [-0.4, -0.2) is 36.4 Å². The van der Waals surface area contributed by atoms with Gasteiger partial charge in [0.25, 0.3) is 0 Å². The molecule has 2 amide bonds. The highest BCUT2D eigenvalue weighted by Crippen LogP contribution is 2.22. The molecule has 0 saturated carbocycles. The zero-order chi connectivity index (χ0) is 18.8. The van der Waals surface area contributed by atoms with Gasteiger partial charge in [-0.1, -0.05) is 48.9 Å². The summed E-state index contributed by atoms with van der Waals surface area (Å²) in [6.07, 6.45) is 4.44. The van der Waals surface area contributed by atoms with Crippen molar-refractivity contribution in [2.45, 2.75) is 33.1 Å². The molecule has 2 aromatic rings. The Balaban J connectivity index is 1.71. The average molecular weight is 375 g/mol. The molecule has 0 atom stereocenters. The third-order valence-corrected chi connectivity index (χ3v) is 4.80. The molecule has 0 saturated heterocycles. The van der Waals surface area contributed by atoms with Gasteiger partial charge in [0.1, 0.15) is 0 Å². The van der Waals surface area contributed by atoms with E-state index in [4.69, 9.17) is 0 Å². The normalized spacial score (nSPS) is 10.4. The first-order valence-electron chi connectivity index (χ1n) is 8.93. The van der Waals surface area contributed by atoms with Crippen molar-refractivity contribution >= 4 is 28.3 Å². The van der Waals surface area contributed by atoms with E-state index in [1.807, 2.05) is 31.2 Å². The summed E-state index contributed by atoms with van der Waals surface area (Å²) < 4.78 is 0. The number of amides is 2. The number of hydrogen-bond donors (Lipinski definition) is 3. The Bertz CT molecular complexity index is 730. The Labute approximate surface area is 158 Å². The highest BCUT2D eigenvalue weighted by atomic mass is 32.1. The number of nitrogens with zero attached hydrogens (tertiary/aromatic N) is 1. The molecular weight excluding hydrogens is 348 g/mol. The van der Waals surface area contributed by atoms with Gasteiger partial charge >= 0.3 is 6.03 Å². The summed E-state index contributed by atoms with van der Waals surface area (Å²) in [7, 11) is 0. The van der Waals surface area contributed by atoms with Crippen LogP contribution in [0, 0.1) is 6.92 Å². The highest BCUT2D eigenvalue weighted by molar-refractivity contribution is 7.17. The Morgan fingerprint density at radius 1 is 1.08 bits per heavy atom. The van der Waals surface area contributed by atoms with E-state index in [0.29, 0.717) is 35.2 Å². The quantitative estimate of drug-likeness (QED) is 0.438. The van der Waals surface area contributed by atoms with Crippen molar-refractivity contribution < 1.29 is 9.59 Å². The molecule has 140 valence electrons. The van der Waals surface area contributed by atoms with E-state index in [0.717, 1.165) is 24.8 Å². The zero-order valence-corrected chi connectivity index (χ0v) is 16.1. The number of hydrogen-bond acceptors (Lipinski definition) is 5. The second-order valence-corrected chi connectivity index (χ2v) is 7.02. The maximum atomic E-state index is 12.5. The summed E-state index contributed by atoms with van der Waals surface area (Å²) in [5, 5.41) is 9.54. The van der Waals surface area contributed by atoms with Crippen LogP contribution in [0.15, 0.2) is 30.5 Å². The van der Waals surface area contributed by atoms with Crippen LogP contribution in [0.1, 0.15) is 47.0 Å². The van der Waals surface area contributed by atoms with Gasteiger partial charge in [0.15, 0.2) is 5.13 Å². The minimum absolute atomic E-state index is 0.000864. The van der Waals surface area contributed by atoms with Gasteiger partial charge in [-0.25, -0.2) is 9.78 Å². The van der Waals surface area contributed by atoms with Crippen LogP contribution in [-0.2, 0) is 0 Å². The van der Waals surface area contributed by atoms with Crippen molar-refractivity contribution in [2.75, 3.05) is 25.0 Å². The fourth-order valence-electron chi connectivity index (χ4n) is 2.35. The van der Waals surface area contributed by atoms with Crippen molar-refractivity contribution in [3.8, 4) is 0 Å². The number of nitrogens with one attached hydrogen (secondary N) is 3. The lowest BCUT2D eigenvalue weighted by molar-refractivity contribution is 0.104. The second-order valence-electron chi connectivity index (χ2n) is 5.99. The van der Waals surface area contributed by atoms with Crippen LogP contribution in [0.3, 0.4) is 0 Å². The van der Waals surface area contributed by atoms with Gasteiger partial charge in [0.05, 0.1) is 11.1 Å². The molecule has 0 fully saturated rings. The molecule has 0 radical (unpaired) electrons. The first-order chi connectivity index (χ1) is 12.6. The number of urea groups is 1. The lowest BCUT2D eigenvalue weighted by Crippen LogP contribution is -2.36. The predicted molar refractivity (Wildman–Crippen MR) is 106 cm³/mol. The van der Waals surface area contributed by atoms with E-state index < -0.39 is 0 Å². The largest absolute Gasteiger partial charge is 0.361 e. The number of ketones is 1. The molecule has 7 heteroatoms. The topological polar surface area (TPSA) is 83.1 Å². The van der Waals surface area contributed by atoms with Crippen molar-refractivity contribution in [3.63, 3.8) is 0 Å². The van der Waals surface area contributed by atoms with Crippen molar-refractivity contribution in [1.29, 1.82) is 0 Å². The lowest BCUT2D eigenvalue weighted by atomic mass is 10.0. The predicted octanol–water partition coefficient (Wildman–Crippen LogP) is 3.58. The molecule has 3 N–H and O–H groups in total. The first-order valence-corrected chi connectivity index (χ1v) is 9.75. The van der Waals surface area contributed by atoms with Gasteiger partial charge in [-0.2, -0.15) is 0 Å². The number of rotatable bonds is 10. The summed E-state index contributed by atoms with van der Waals surface area (Å²) in [6, 6.07) is 7.43. The van der Waals surface area contributed by atoms with E-state index >= 15 is 0 Å². The number of aromatic nitrogens is 1. The summed E-state index contributed by atoms with van der Waals surface area (Å²) in [5.41, 5.74) is 1.67. The standard InChI is InChI=1S/C19H26N4O2S/c1-3-4-10-20-18(25)21-11-7-12-22-19-23-13-16(26-19)17(24)15-9-6-5-8-14(15)2/h5-6,8-9,13H,3-4,7,10-12H2,1-2H3,(H,22,23)(H2,20,21,25). The van der Waals surface area contributed by atoms with Crippen LogP contribution in [0.25, 0.3) is 0 Å². The van der Waals surface area contributed by atoms with Gasteiger partial charge in [0.2, 0.25) is 5.78 Å². The Hall–Kier alpha value is -2.41. The van der Waals surface area contributed by atoms with Crippen LogP contribution in [0.4, 0.5) is 9.93 Å². The molecule has 26 heavy (non-hydrogen) atoms. The third kappa shape index (κ3) is 6.15. The highest BCUT2D eigenvalue weighted by Gasteiger charge is 2.14. The molecule has 2 rings (SSSR count). The molecule has 1 aromatic carbocycles. The number of unbranched alkanes of at least 4 members (excludes halogenated alkanes) is 1. The van der Waals surface area contributed by atoms with E-state index in [2.05, 4.69) is 27.9 Å². The summed E-state index contributed by atoms with van der Waals surface area (Å²) >= 11 is 1.35. The van der Waals surface area contributed by atoms with E-state index in [9.17, 15) is 9.59 Å². The fraction of sp³-hybridized carbons (Fsp3) is 0.421. The second kappa shape index (κ2) is 10.6. The van der Waals surface area contributed by atoms with E-state index in [1.54, 1.807) is 6.20 Å². The van der Waals surface area contributed by atoms with Crippen molar-refractivity contribution in [1.82, 2.24) is 15.6 Å². The molecular formula is C19H26N4O2S. The van der Waals surface area contributed by atoms with Crippen LogP contribution in [0.2, 0.25) is 0 Å². The smallest absolute Gasteiger partial charge is 0.314 e. The SMILES string of the molecule is CCCCNC(=O)NCCCNc1ncc(C(=O)c2ccccc2C)s1. The number of thiazole rings is 1. The lowest BCUT2D eigenvalue weighted by Gasteiger charge is -2.07. The molecule has 0 aliphatic carbocycles. The molecule has 0 aliphatic rings. The number of carbonyl (C=O) groups excluding carboxylic acids is 2. The number of carbonyl (C=O) groups is 2. The average Bonchev–Trinajstić information content (AvgIpc) is 3.10. The molecule has 1 aromatic heterocycles. The molecule has 0 unspecified atom stereocenters. The Morgan fingerprint density at radius 3 is 2.54 bits per heavy atom. The maximum Gasteiger partial charge on any atom is 0.314 e. The summed E-state index contributed by atoms with van der Waals surface area (Å²) in [4.78, 5) is 28.9. The third-order valence-electron chi connectivity index (χ3n) is 3.85. The maximum absolute atomic E-state index is 12.5. The number of anilines is 1. The van der Waals surface area contributed by atoms with Gasteiger partial charge < -0.3 is 16.0 Å². The Morgan fingerprint density at radius 2 is 1.81 bits per heavy atom. The minimum Gasteiger partial charge on any atom is -0.361 e. The van der Waals surface area contributed by atoms with E-state index in [1.165, 1.54) is 11.3 Å². The minimum atomic E-state index is -0.126. The molecule has 0 aliphatic heterocycles. The van der Waals surface area contributed by atoms with Gasteiger partial charge in [-0.05, 0) is 25.3 Å². The van der Waals surface area contributed by atoms with Crippen molar-refractivity contribution in [3.05, 3.63) is 46.5 Å². The zero-order valence-electron chi connectivity index (χ0n) is 15.3. The first kappa shape index (κ1) is 19.9. The summed E-state index contributed by atoms with van der Waals surface area (Å²) in [6.45, 7) is 5.99. The van der Waals surface area contributed by atoms with Gasteiger partial charge in [-0.15, -0.1) is 0 Å². The van der Waals surface area contributed by atoms with Crippen molar-refractivity contribution in [2.24, 2.45) is 0 Å². The van der Waals surface area contributed by atoms with Crippen LogP contribution in [0.5, 0.6) is 0 Å². The number of benzene rings is 1. The Kier molecular flexibility index (Phi) is 8.08. The van der Waals surface area contributed by atoms with Gasteiger partial charge in [0, 0.05) is 25.2 Å².